The standard InChI is InChI=1S/C24H30O4/c1-14-10-11-19(15(2)12-14)20-13-24(23(27)28,18-8-6-5-7-9-18)17(4)21(16(20)3)22(25)26/h10-13,17-18H,5-9H2,1-4H3,(H,25,26)(H,27,28). The van der Waals surface area contributed by atoms with Crippen LogP contribution in [0.15, 0.2) is 35.4 Å². The molecule has 4 nitrogen and oxygen atoms in total. The van der Waals surface area contributed by atoms with Crippen LogP contribution in [0.3, 0.4) is 0 Å². The monoisotopic (exact) mass is 382 g/mol. The minimum Gasteiger partial charge on any atom is -0.481 e. The van der Waals surface area contributed by atoms with Crippen LogP contribution >= 0.6 is 0 Å². The van der Waals surface area contributed by atoms with Crippen molar-refractivity contribution in [3.63, 3.8) is 0 Å². The number of carbonyl (C=O) groups is 2. The second-order valence-electron chi connectivity index (χ2n) is 8.52. The number of aryl methyl sites for hydroxylation is 2. The first-order valence-corrected chi connectivity index (χ1v) is 10.2. The lowest BCUT2D eigenvalue weighted by atomic mass is 9.57. The smallest absolute Gasteiger partial charge is 0.332 e. The van der Waals surface area contributed by atoms with E-state index in [4.69, 9.17) is 0 Å². The van der Waals surface area contributed by atoms with Crippen molar-refractivity contribution in [2.45, 2.75) is 59.8 Å². The molecule has 2 unspecified atom stereocenters. The highest BCUT2D eigenvalue weighted by atomic mass is 16.4. The zero-order chi connectivity index (χ0) is 20.6. The third-order valence-electron chi connectivity index (χ3n) is 6.89. The van der Waals surface area contributed by atoms with Gasteiger partial charge >= 0.3 is 11.9 Å². The quantitative estimate of drug-likeness (QED) is 0.732. The highest BCUT2D eigenvalue weighted by Gasteiger charge is 2.53. The summed E-state index contributed by atoms with van der Waals surface area (Å²) in [4.78, 5) is 24.9. The van der Waals surface area contributed by atoms with Gasteiger partial charge in [-0.2, -0.15) is 0 Å². The van der Waals surface area contributed by atoms with E-state index in [-0.39, 0.29) is 11.5 Å². The highest BCUT2D eigenvalue weighted by Crippen LogP contribution is 2.53. The largest absolute Gasteiger partial charge is 0.481 e. The Labute approximate surface area is 167 Å². The number of carboxylic acids is 2. The predicted octanol–water partition coefficient (Wildman–Crippen LogP) is 5.39. The Balaban J connectivity index is 2.29. The lowest BCUT2D eigenvalue weighted by molar-refractivity contribution is -0.153. The van der Waals surface area contributed by atoms with Crippen molar-refractivity contribution in [2.24, 2.45) is 17.3 Å². The zero-order valence-corrected chi connectivity index (χ0v) is 17.2. The molecule has 0 amide bonds. The molecule has 1 aromatic rings. The first kappa shape index (κ1) is 20.4. The van der Waals surface area contributed by atoms with Gasteiger partial charge < -0.3 is 10.2 Å². The van der Waals surface area contributed by atoms with Crippen LogP contribution in [-0.2, 0) is 9.59 Å². The van der Waals surface area contributed by atoms with Crippen molar-refractivity contribution >= 4 is 17.5 Å². The average Bonchev–Trinajstić information content (AvgIpc) is 2.63. The number of hydrogen-bond donors (Lipinski definition) is 2. The van der Waals surface area contributed by atoms with Crippen LogP contribution < -0.4 is 0 Å². The van der Waals surface area contributed by atoms with E-state index in [1.54, 1.807) is 6.92 Å². The first-order valence-electron chi connectivity index (χ1n) is 10.2. The summed E-state index contributed by atoms with van der Waals surface area (Å²) in [5, 5.41) is 20.4. The summed E-state index contributed by atoms with van der Waals surface area (Å²) in [5.74, 6) is -2.53. The molecular weight excluding hydrogens is 352 g/mol. The minimum atomic E-state index is -1.18. The molecule has 1 fully saturated rings. The lowest BCUT2D eigenvalue weighted by Gasteiger charge is -2.45. The summed E-state index contributed by atoms with van der Waals surface area (Å²) < 4.78 is 0. The molecule has 0 heterocycles. The third kappa shape index (κ3) is 3.19. The summed E-state index contributed by atoms with van der Waals surface area (Å²) in [6, 6.07) is 6.05. The summed E-state index contributed by atoms with van der Waals surface area (Å²) in [5.41, 5.74) is 3.59. The molecule has 150 valence electrons. The number of hydrogen-bond acceptors (Lipinski definition) is 2. The van der Waals surface area contributed by atoms with Gasteiger partial charge in [-0.05, 0) is 61.8 Å². The molecule has 2 N–H and O–H groups in total. The summed E-state index contributed by atoms with van der Waals surface area (Å²) in [6.07, 6.45) is 6.69. The molecule has 0 saturated heterocycles. The maximum absolute atomic E-state index is 12.7. The molecule has 0 radical (unpaired) electrons. The highest BCUT2D eigenvalue weighted by molar-refractivity contribution is 5.99. The number of benzene rings is 1. The van der Waals surface area contributed by atoms with Crippen LogP contribution in [0.2, 0.25) is 0 Å². The van der Waals surface area contributed by atoms with Gasteiger partial charge in [0.15, 0.2) is 0 Å². The number of rotatable bonds is 4. The van der Waals surface area contributed by atoms with Gasteiger partial charge in [0.05, 0.1) is 5.41 Å². The predicted molar refractivity (Wildman–Crippen MR) is 110 cm³/mol. The average molecular weight is 383 g/mol. The Hall–Kier alpha value is -2.36. The summed E-state index contributed by atoms with van der Waals surface area (Å²) >= 11 is 0. The van der Waals surface area contributed by atoms with E-state index >= 15 is 0 Å². The van der Waals surface area contributed by atoms with Crippen LogP contribution in [0, 0.1) is 31.1 Å². The SMILES string of the molecule is CC1=C(C(=O)O)C(C)C(C(=O)O)(C2CCCCC2)C=C1c1ccc(C)cc1C. The van der Waals surface area contributed by atoms with Gasteiger partial charge in [-0.25, -0.2) is 4.79 Å². The molecule has 0 spiro atoms. The van der Waals surface area contributed by atoms with Gasteiger partial charge in [-0.1, -0.05) is 56.0 Å². The number of allylic oxidation sites excluding steroid dienone is 2. The lowest BCUT2D eigenvalue weighted by Crippen LogP contribution is -2.47. The molecule has 3 rings (SSSR count). The van der Waals surface area contributed by atoms with Crippen molar-refractivity contribution in [3.05, 3.63) is 52.1 Å². The Morgan fingerprint density at radius 1 is 1.04 bits per heavy atom. The van der Waals surface area contributed by atoms with E-state index < -0.39 is 23.3 Å². The Kier molecular flexibility index (Phi) is 5.51. The second-order valence-corrected chi connectivity index (χ2v) is 8.52. The van der Waals surface area contributed by atoms with Gasteiger partial charge in [0.1, 0.15) is 0 Å². The van der Waals surface area contributed by atoms with Gasteiger partial charge in [-0.3, -0.25) is 4.79 Å². The fourth-order valence-electron chi connectivity index (χ4n) is 5.40. The fraction of sp³-hybridized carbons (Fsp3) is 0.500. The molecule has 4 heteroatoms. The summed E-state index contributed by atoms with van der Waals surface area (Å²) in [6.45, 7) is 7.61. The molecule has 1 aromatic carbocycles. The van der Waals surface area contributed by atoms with Crippen molar-refractivity contribution in [2.75, 3.05) is 0 Å². The second kappa shape index (κ2) is 7.57. The molecule has 0 aromatic heterocycles. The van der Waals surface area contributed by atoms with Gasteiger partial charge in [0.2, 0.25) is 0 Å². The Bertz CT molecular complexity index is 871. The third-order valence-corrected chi connectivity index (χ3v) is 6.89. The minimum absolute atomic E-state index is 0.0445. The maximum atomic E-state index is 12.7. The van der Waals surface area contributed by atoms with Gasteiger partial charge in [0, 0.05) is 11.5 Å². The van der Waals surface area contributed by atoms with Crippen LogP contribution in [0.4, 0.5) is 0 Å². The topological polar surface area (TPSA) is 74.6 Å². The van der Waals surface area contributed by atoms with E-state index in [0.717, 1.165) is 54.4 Å². The maximum Gasteiger partial charge on any atom is 0.332 e. The zero-order valence-electron chi connectivity index (χ0n) is 17.2. The number of aliphatic carboxylic acids is 2. The first-order chi connectivity index (χ1) is 13.2. The molecule has 2 aliphatic carbocycles. The molecular formula is C24H30O4. The molecule has 1 saturated carbocycles. The Morgan fingerprint density at radius 3 is 2.21 bits per heavy atom. The fourth-order valence-corrected chi connectivity index (χ4v) is 5.40. The van der Waals surface area contributed by atoms with Crippen LogP contribution in [0.5, 0.6) is 0 Å². The van der Waals surface area contributed by atoms with Crippen molar-refractivity contribution < 1.29 is 19.8 Å². The van der Waals surface area contributed by atoms with E-state index in [0.29, 0.717) is 5.57 Å². The van der Waals surface area contributed by atoms with Gasteiger partial charge in [0.25, 0.3) is 0 Å². The molecule has 28 heavy (non-hydrogen) atoms. The van der Waals surface area contributed by atoms with Crippen LogP contribution in [0.25, 0.3) is 5.57 Å². The van der Waals surface area contributed by atoms with Crippen molar-refractivity contribution in [1.82, 2.24) is 0 Å². The van der Waals surface area contributed by atoms with E-state index in [9.17, 15) is 19.8 Å². The molecule has 2 atom stereocenters. The van der Waals surface area contributed by atoms with E-state index in [2.05, 4.69) is 6.07 Å². The normalized spacial score (nSPS) is 26.1. The van der Waals surface area contributed by atoms with Crippen molar-refractivity contribution in [3.8, 4) is 0 Å². The Morgan fingerprint density at radius 2 is 1.68 bits per heavy atom. The van der Waals surface area contributed by atoms with Gasteiger partial charge in [-0.15, -0.1) is 0 Å². The molecule has 2 aliphatic rings. The van der Waals surface area contributed by atoms with E-state index in [1.807, 2.05) is 39.0 Å². The number of carboxylic acid groups (broad SMARTS) is 2. The summed E-state index contributed by atoms with van der Waals surface area (Å²) in [7, 11) is 0. The molecule has 0 bridgehead atoms. The molecule has 0 aliphatic heterocycles. The van der Waals surface area contributed by atoms with E-state index in [1.165, 1.54) is 0 Å². The van der Waals surface area contributed by atoms with Crippen LogP contribution in [0.1, 0.15) is 62.6 Å². The van der Waals surface area contributed by atoms with Crippen LogP contribution in [-0.4, -0.2) is 22.2 Å². The van der Waals surface area contributed by atoms with Crippen molar-refractivity contribution in [1.29, 1.82) is 0 Å².